The Morgan fingerprint density at radius 2 is 1.92 bits per heavy atom. The van der Waals surface area contributed by atoms with E-state index in [9.17, 15) is 15.0 Å². The Morgan fingerprint density at radius 1 is 1.23 bits per heavy atom. The number of hydrogen-bond acceptors (Lipinski definition) is 5. The fourth-order valence-electron chi connectivity index (χ4n) is 3.28. The van der Waals surface area contributed by atoms with E-state index in [-0.39, 0.29) is 24.3 Å². The van der Waals surface area contributed by atoms with Gasteiger partial charge in [-0.2, -0.15) is 0 Å². The summed E-state index contributed by atoms with van der Waals surface area (Å²) in [5.74, 6) is 0.295. The summed E-state index contributed by atoms with van der Waals surface area (Å²) in [6.07, 6.45) is 1.28. The monoisotopic (exact) mass is 372 g/mol. The van der Waals surface area contributed by atoms with E-state index in [1.165, 1.54) is 9.80 Å². The Balaban J connectivity index is 1.72. The molecule has 0 saturated carbocycles. The molecular formula is C20H22NO4S-. The quantitative estimate of drug-likeness (QED) is 0.817. The lowest BCUT2D eigenvalue weighted by atomic mass is 9.87. The molecule has 1 fully saturated rings. The number of ether oxygens (including phenoxy) is 1. The maximum absolute atomic E-state index is 11.3. The maximum Gasteiger partial charge on any atom is 0.137 e. The van der Waals surface area contributed by atoms with Crippen LogP contribution in [0.25, 0.3) is 0 Å². The molecule has 1 N–H and O–H groups in total. The molecule has 0 spiro atoms. The SMILES string of the molecule is CSc1ccc(COC2CN(C(=O)[O-])CCC2c2ccc(O)cc2)cc1. The molecule has 26 heavy (non-hydrogen) atoms. The number of thioether (sulfide) groups is 1. The molecule has 2 aromatic carbocycles. The van der Waals surface area contributed by atoms with Gasteiger partial charge in [0, 0.05) is 23.9 Å². The van der Waals surface area contributed by atoms with Crippen LogP contribution in [0.15, 0.2) is 53.4 Å². The van der Waals surface area contributed by atoms with Crippen LogP contribution in [0.2, 0.25) is 0 Å². The average molecular weight is 372 g/mol. The highest BCUT2D eigenvalue weighted by Crippen LogP contribution is 2.32. The number of phenols is 1. The molecule has 1 heterocycles. The lowest BCUT2D eigenvalue weighted by Crippen LogP contribution is -2.51. The number of carbonyl (C=O) groups is 1. The lowest BCUT2D eigenvalue weighted by molar-refractivity contribution is -0.268. The van der Waals surface area contributed by atoms with Crippen LogP contribution >= 0.6 is 11.8 Å². The average Bonchev–Trinajstić information content (AvgIpc) is 2.67. The van der Waals surface area contributed by atoms with Crippen LogP contribution in [-0.4, -0.2) is 41.5 Å². The number of carboxylic acid groups (broad SMARTS) is 1. The zero-order valence-electron chi connectivity index (χ0n) is 14.6. The first-order valence-corrected chi connectivity index (χ1v) is 9.78. The van der Waals surface area contributed by atoms with Crippen molar-refractivity contribution in [3.05, 3.63) is 59.7 Å². The molecule has 1 aliphatic heterocycles. The summed E-state index contributed by atoms with van der Waals surface area (Å²) in [4.78, 5) is 13.8. The maximum atomic E-state index is 11.3. The largest absolute Gasteiger partial charge is 0.530 e. The predicted molar refractivity (Wildman–Crippen MR) is 99.2 cm³/mol. The molecule has 2 atom stereocenters. The van der Waals surface area contributed by atoms with E-state index in [2.05, 4.69) is 12.1 Å². The van der Waals surface area contributed by atoms with Gasteiger partial charge in [0.2, 0.25) is 0 Å². The molecule has 0 radical (unpaired) electrons. The van der Waals surface area contributed by atoms with Crippen molar-refractivity contribution in [3.8, 4) is 5.75 Å². The van der Waals surface area contributed by atoms with Crippen LogP contribution < -0.4 is 5.11 Å². The molecule has 3 rings (SSSR count). The Kier molecular flexibility index (Phi) is 6.06. The van der Waals surface area contributed by atoms with Gasteiger partial charge in [-0.05, 0) is 48.1 Å². The zero-order valence-corrected chi connectivity index (χ0v) is 15.4. The molecular weight excluding hydrogens is 350 g/mol. The van der Waals surface area contributed by atoms with Crippen LogP contribution in [0.3, 0.4) is 0 Å². The normalized spacial score (nSPS) is 20.1. The Bertz CT molecular complexity index is 732. The van der Waals surface area contributed by atoms with Crippen molar-refractivity contribution in [2.45, 2.75) is 29.9 Å². The molecule has 0 aromatic heterocycles. The van der Waals surface area contributed by atoms with Crippen LogP contribution in [0.5, 0.6) is 5.75 Å². The molecule has 2 unspecified atom stereocenters. The molecule has 0 aliphatic carbocycles. The Labute approximate surface area is 157 Å². The van der Waals surface area contributed by atoms with Crippen LogP contribution in [0.1, 0.15) is 23.5 Å². The minimum absolute atomic E-state index is 0.0803. The molecule has 5 nitrogen and oxygen atoms in total. The molecule has 138 valence electrons. The second kappa shape index (κ2) is 8.47. The molecule has 6 heteroatoms. The van der Waals surface area contributed by atoms with Crippen molar-refractivity contribution in [3.63, 3.8) is 0 Å². The molecule has 2 aromatic rings. The van der Waals surface area contributed by atoms with E-state index in [4.69, 9.17) is 4.74 Å². The van der Waals surface area contributed by atoms with Crippen LogP contribution in [0, 0.1) is 0 Å². The van der Waals surface area contributed by atoms with E-state index in [1.807, 2.05) is 30.5 Å². The zero-order chi connectivity index (χ0) is 18.5. The molecule has 1 amide bonds. The van der Waals surface area contributed by atoms with Gasteiger partial charge in [-0.25, -0.2) is 0 Å². The number of phenolic OH excluding ortho intramolecular Hbond substituents is 1. The second-order valence-corrected chi connectivity index (χ2v) is 7.28. The van der Waals surface area contributed by atoms with Gasteiger partial charge in [0.1, 0.15) is 11.8 Å². The number of hydrogen-bond donors (Lipinski definition) is 1. The number of rotatable bonds is 5. The first-order chi connectivity index (χ1) is 12.6. The Hall–Kier alpha value is -2.18. The van der Waals surface area contributed by atoms with Crippen molar-refractivity contribution in [2.75, 3.05) is 19.3 Å². The van der Waals surface area contributed by atoms with Gasteiger partial charge in [0.15, 0.2) is 0 Å². The van der Waals surface area contributed by atoms with Gasteiger partial charge in [0.25, 0.3) is 0 Å². The van der Waals surface area contributed by atoms with Crippen molar-refractivity contribution >= 4 is 17.9 Å². The van der Waals surface area contributed by atoms with Crippen molar-refractivity contribution in [1.29, 1.82) is 0 Å². The fourth-order valence-corrected chi connectivity index (χ4v) is 3.69. The smallest absolute Gasteiger partial charge is 0.137 e. The van der Waals surface area contributed by atoms with Crippen LogP contribution in [0.4, 0.5) is 4.79 Å². The fraction of sp³-hybridized carbons (Fsp3) is 0.350. The first kappa shape index (κ1) is 18.6. The summed E-state index contributed by atoms with van der Waals surface area (Å²) in [7, 11) is 0. The van der Waals surface area contributed by atoms with Gasteiger partial charge in [-0.1, -0.05) is 24.3 Å². The van der Waals surface area contributed by atoms with Crippen molar-refractivity contribution in [2.24, 2.45) is 0 Å². The number of benzene rings is 2. The third-order valence-electron chi connectivity index (χ3n) is 4.76. The topological polar surface area (TPSA) is 72.8 Å². The number of piperidine rings is 1. The number of amides is 1. The lowest BCUT2D eigenvalue weighted by Gasteiger charge is -2.40. The van der Waals surface area contributed by atoms with E-state index in [1.54, 1.807) is 23.9 Å². The number of nitrogens with zero attached hydrogens (tertiary/aromatic N) is 1. The number of likely N-dealkylation sites (tertiary alicyclic amines) is 1. The highest BCUT2D eigenvalue weighted by Gasteiger charge is 2.31. The highest BCUT2D eigenvalue weighted by molar-refractivity contribution is 7.98. The van der Waals surface area contributed by atoms with Gasteiger partial charge in [-0.3, -0.25) is 0 Å². The summed E-state index contributed by atoms with van der Waals surface area (Å²) in [6, 6.07) is 15.2. The molecule has 0 bridgehead atoms. The van der Waals surface area contributed by atoms with Crippen LogP contribution in [-0.2, 0) is 11.3 Å². The van der Waals surface area contributed by atoms with E-state index in [0.29, 0.717) is 19.6 Å². The molecule has 1 aliphatic rings. The highest BCUT2D eigenvalue weighted by atomic mass is 32.2. The van der Waals surface area contributed by atoms with E-state index in [0.717, 1.165) is 11.1 Å². The minimum atomic E-state index is -1.16. The predicted octanol–water partition coefficient (Wildman–Crippen LogP) is 2.83. The third-order valence-corrected chi connectivity index (χ3v) is 5.51. The van der Waals surface area contributed by atoms with E-state index < -0.39 is 6.09 Å². The number of carbonyl (C=O) groups excluding carboxylic acids is 1. The van der Waals surface area contributed by atoms with E-state index >= 15 is 0 Å². The van der Waals surface area contributed by atoms with Crippen molar-refractivity contribution in [1.82, 2.24) is 4.90 Å². The van der Waals surface area contributed by atoms with Gasteiger partial charge >= 0.3 is 0 Å². The summed E-state index contributed by atoms with van der Waals surface area (Å²) < 4.78 is 6.12. The summed E-state index contributed by atoms with van der Waals surface area (Å²) in [5.41, 5.74) is 2.10. The Morgan fingerprint density at radius 3 is 2.54 bits per heavy atom. The number of aromatic hydroxyl groups is 1. The van der Waals surface area contributed by atoms with Gasteiger partial charge < -0.3 is 24.6 Å². The summed E-state index contributed by atoms with van der Waals surface area (Å²) in [6.45, 7) is 1.14. The first-order valence-electron chi connectivity index (χ1n) is 8.56. The summed E-state index contributed by atoms with van der Waals surface area (Å²) >= 11 is 1.69. The second-order valence-electron chi connectivity index (χ2n) is 6.40. The standard InChI is InChI=1S/C20H23NO4S/c1-26-17-8-2-14(3-9-17)13-25-19-12-21(20(23)24)11-10-18(19)15-4-6-16(22)7-5-15/h2-9,18-19,22H,10-13H2,1H3,(H,23,24)/p-1. The van der Waals surface area contributed by atoms with Gasteiger partial charge in [-0.15, -0.1) is 11.8 Å². The van der Waals surface area contributed by atoms with Gasteiger partial charge in [0.05, 0.1) is 12.7 Å². The summed E-state index contributed by atoms with van der Waals surface area (Å²) in [5, 5.41) is 20.8. The third kappa shape index (κ3) is 4.51. The van der Waals surface area contributed by atoms with Crippen molar-refractivity contribution < 1.29 is 19.7 Å². The molecule has 1 saturated heterocycles. The minimum Gasteiger partial charge on any atom is -0.530 e.